The molecule has 1 saturated heterocycles. The van der Waals surface area contributed by atoms with Gasteiger partial charge in [-0.2, -0.15) is 5.10 Å². The number of nitrogens with zero attached hydrogens (tertiary/aromatic N) is 3. The number of nitrogens with one attached hydrogen (secondary N) is 1. The molecular weight excluding hydrogens is 556 g/mol. The number of ether oxygens (including phenoxy) is 1. The highest BCUT2D eigenvalue weighted by Crippen LogP contribution is 2.34. The first-order valence-corrected chi connectivity index (χ1v) is 13.5. The Morgan fingerprint density at radius 1 is 1.08 bits per heavy atom. The van der Waals surface area contributed by atoms with E-state index in [0.29, 0.717) is 42.2 Å². The van der Waals surface area contributed by atoms with Crippen LogP contribution in [0.3, 0.4) is 0 Å². The van der Waals surface area contributed by atoms with Gasteiger partial charge >= 0.3 is 6.09 Å². The summed E-state index contributed by atoms with van der Waals surface area (Å²) in [6.07, 6.45) is 2.67. The highest BCUT2D eigenvalue weighted by Gasteiger charge is 2.32. The number of carbonyl (C=O) groups excluding carboxylic acids is 2. The number of amides is 2. The van der Waals surface area contributed by atoms with E-state index in [-0.39, 0.29) is 17.9 Å². The summed E-state index contributed by atoms with van der Waals surface area (Å²) >= 11 is 9.93. The normalized spacial score (nSPS) is 14.5. The van der Waals surface area contributed by atoms with E-state index in [0.717, 1.165) is 27.0 Å². The summed E-state index contributed by atoms with van der Waals surface area (Å²) in [5, 5.41) is 8.27. The summed E-state index contributed by atoms with van der Waals surface area (Å²) in [5.41, 5.74) is 4.27. The number of aryl methyl sites for hydroxylation is 2. The first-order chi connectivity index (χ1) is 17.4. The standard InChI is InChI=1S/C28H32BrClN4O3/c1-17-6-8-21(15-24(17)30)34-25(19-10-12-33(13-11-19)27(36)37-28(3,4)5)22(16-31-34)26(35)32-20-7-9-23(29)18(2)14-20/h6-9,14-16,19H,10-13H2,1-5H3,(H,32,35). The van der Waals surface area contributed by atoms with Crippen molar-refractivity contribution in [3.8, 4) is 5.69 Å². The van der Waals surface area contributed by atoms with Crippen molar-refractivity contribution in [2.45, 2.75) is 59.0 Å². The van der Waals surface area contributed by atoms with Gasteiger partial charge in [-0.15, -0.1) is 0 Å². The molecule has 3 aromatic rings. The Kier molecular flexibility index (Phi) is 7.99. The minimum absolute atomic E-state index is 0.0219. The number of halogens is 2. The van der Waals surface area contributed by atoms with E-state index in [9.17, 15) is 9.59 Å². The van der Waals surface area contributed by atoms with E-state index >= 15 is 0 Å². The van der Waals surface area contributed by atoms with Crippen molar-refractivity contribution in [1.82, 2.24) is 14.7 Å². The maximum absolute atomic E-state index is 13.5. The van der Waals surface area contributed by atoms with Gasteiger partial charge in [-0.3, -0.25) is 4.79 Å². The number of benzene rings is 2. The van der Waals surface area contributed by atoms with Crippen LogP contribution in [0.2, 0.25) is 5.02 Å². The average molecular weight is 588 g/mol. The zero-order valence-electron chi connectivity index (χ0n) is 21.8. The molecule has 1 aromatic heterocycles. The number of hydrogen-bond donors (Lipinski definition) is 1. The third kappa shape index (κ3) is 6.36. The fourth-order valence-corrected chi connectivity index (χ4v) is 4.85. The van der Waals surface area contributed by atoms with Gasteiger partial charge in [-0.1, -0.05) is 33.6 Å². The molecule has 1 N–H and O–H groups in total. The molecule has 4 rings (SSSR count). The molecule has 0 bridgehead atoms. The predicted octanol–water partition coefficient (Wildman–Crippen LogP) is 7.27. The van der Waals surface area contributed by atoms with Crippen molar-refractivity contribution in [2.24, 2.45) is 0 Å². The van der Waals surface area contributed by atoms with E-state index in [1.165, 1.54) is 0 Å². The van der Waals surface area contributed by atoms with Crippen LogP contribution >= 0.6 is 27.5 Å². The van der Waals surface area contributed by atoms with Gasteiger partial charge in [0, 0.05) is 34.2 Å². The second kappa shape index (κ2) is 10.9. The van der Waals surface area contributed by atoms with Crippen LogP contribution < -0.4 is 5.32 Å². The molecule has 2 heterocycles. The number of likely N-dealkylation sites (tertiary alicyclic amines) is 1. The predicted molar refractivity (Wildman–Crippen MR) is 150 cm³/mol. The van der Waals surface area contributed by atoms with Crippen molar-refractivity contribution < 1.29 is 14.3 Å². The summed E-state index contributed by atoms with van der Waals surface area (Å²) in [5.74, 6) is -0.204. The monoisotopic (exact) mass is 586 g/mol. The van der Waals surface area contributed by atoms with E-state index < -0.39 is 5.60 Å². The summed E-state index contributed by atoms with van der Waals surface area (Å²) in [7, 11) is 0. The Labute approximate surface area is 231 Å². The highest BCUT2D eigenvalue weighted by atomic mass is 79.9. The third-order valence-electron chi connectivity index (χ3n) is 6.40. The van der Waals surface area contributed by atoms with Crippen LogP contribution in [0.25, 0.3) is 5.69 Å². The maximum Gasteiger partial charge on any atom is 0.410 e. The van der Waals surface area contributed by atoms with Crippen LogP contribution in [0.1, 0.15) is 66.7 Å². The molecule has 7 nitrogen and oxygen atoms in total. The molecule has 0 aliphatic carbocycles. The lowest BCUT2D eigenvalue weighted by molar-refractivity contribution is 0.0203. The van der Waals surface area contributed by atoms with Gasteiger partial charge in [0.15, 0.2) is 0 Å². The smallest absolute Gasteiger partial charge is 0.410 e. The van der Waals surface area contributed by atoms with Crippen LogP contribution in [-0.4, -0.2) is 45.4 Å². The molecule has 0 radical (unpaired) electrons. The molecule has 196 valence electrons. The topological polar surface area (TPSA) is 76.5 Å². The quantitative estimate of drug-likeness (QED) is 0.348. The molecule has 9 heteroatoms. The van der Waals surface area contributed by atoms with Gasteiger partial charge in [0.2, 0.25) is 0 Å². The maximum atomic E-state index is 13.5. The molecule has 1 aliphatic heterocycles. The van der Waals surface area contributed by atoms with Crippen molar-refractivity contribution in [1.29, 1.82) is 0 Å². The van der Waals surface area contributed by atoms with Crippen LogP contribution in [-0.2, 0) is 4.74 Å². The molecule has 0 spiro atoms. The Bertz CT molecular complexity index is 1320. The first kappa shape index (κ1) is 27.2. The van der Waals surface area contributed by atoms with Crippen LogP contribution in [0, 0.1) is 13.8 Å². The minimum Gasteiger partial charge on any atom is -0.444 e. The van der Waals surface area contributed by atoms with Crippen molar-refractivity contribution in [3.05, 3.63) is 74.5 Å². The van der Waals surface area contributed by atoms with Crippen molar-refractivity contribution >= 4 is 45.2 Å². The van der Waals surface area contributed by atoms with Gasteiger partial charge in [-0.25, -0.2) is 9.48 Å². The van der Waals surface area contributed by atoms with E-state index in [1.54, 1.807) is 15.8 Å². The largest absolute Gasteiger partial charge is 0.444 e. The number of anilines is 1. The van der Waals surface area contributed by atoms with E-state index in [4.69, 9.17) is 16.3 Å². The molecule has 0 unspecified atom stereocenters. The lowest BCUT2D eigenvalue weighted by Gasteiger charge is -2.34. The number of rotatable bonds is 4. The summed E-state index contributed by atoms with van der Waals surface area (Å²) in [6.45, 7) is 10.6. The molecule has 0 atom stereocenters. The van der Waals surface area contributed by atoms with Gasteiger partial charge in [-0.05, 0) is 88.9 Å². The lowest BCUT2D eigenvalue weighted by Crippen LogP contribution is -2.41. The molecule has 1 aliphatic rings. The van der Waals surface area contributed by atoms with Crippen LogP contribution in [0.5, 0.6) is 0 Å². The number of hydrogen-bond acceptors (Lipinski definition) is 4. The fraction of sp³-hybridized carbons (Fsp3) is 0.393. The van der Waals surface area contributed by atoms with E-state index in [2.05, 4.69) is 26.3 Å². The SMILES string of the molecule is Cc1ccc(-n2ncc(C(=O)Nc3ccc(Br)c(C)c3)c2C2CCN(C(=O)OC(C)(C)C)CC2)cc1Cl. The van der Waals surface area contributed by atoms with Gasteiger partial charge in [0.25, 0.3) is 5.91 Å². The number of carbonyl (C=O) groups is 2. The Morgan fingerprint density at radius 2 is 1.78 bits per heavy atom. The Morgan fingerprint density at radius 3 is 2.41 bits per heavy atom. The summed E-state index contributed by atoms with van der Waals surface area (Å²) < 4.78 is 8.34. The molecule has 37 heavy (non-hydrogen) atoms. The van der Waals surface area contributed by atoms with Crippen LogP contribution in [0.15, 0.2) is 47.1 Å². The van der Waals surface area contributed by atoms with Gasteiger partial charge < -0.3 is 15.0 Å². The zero-order chi connectivity index (χ0) is 26.9. The molecule has 2 amide bonds. The molecule has 0 saturated carbocycles. The van der Waals surface area contributed by atoms with Crippen LogP contribution in [0.4, 0.5) is 10.5 Å². The number of piperidine rings is 1. The third-order valence-corrected chi connectivity index (χ3v) is 7.70. The van der Waals surface area contributed by atoms with Gasteiger partial charge in [0.05, 0.1) is 23.1 Å². The van der Waals surface area contributed by atoms with Crippen molar-refractivity contribution in [2.75, 3.05) is 18.4 Å². The average Bonchev–Trinajstić information content (AvgIpc) is 3.27. The Balaban J connectivity index is 1.64. The fourth-order valence-electron chi connectivity index (χ4n) is 4.43. The minimum atomic E-state index is -0.548. The van der Waals surface area contributed by atoms with E-state index in [1.807, 2.05) is 71.0 Å². The lowest BCUT2D eigenvalue weighted by atomic mass is 9.90. The molecule has 1 fully saturated rings. The van der Waals surface area contributed by atoms with Gasteiger partial charge in [0.1, 0.15) is 5.60 Å². The molecular formula is C28H32BrClN4O3. The summed E-state index contributed by atoms with van der Waals surface area (Å²) in [6, 6.07) is 11.5. The molecule has 2 aromatic carbocycles. The number of aromatic nitrogens is 2. The highest BCUT2D eigenvalue weighted by molar-refractivity contribution is 9.10. The van der Waals surface area contributed by atoms with Crippen molar-refractivity contribution in [3.63, 3.8) is 0 Å². The first-order valence-electron chi connectivity index (χ1n) is 12.3. The summed E-state index contributed by atoms with van der Waals surface area (Å²) in [4.78, 5) is 27.8. The Hall–Kier alpha value is -2.84. The second-order valence-electron chi connectivity index (χ2n) is 10.4. The zero-order valence-corrected chi connectivity index (χ0v) is 24.1. The second-order valence-corrected chi connectivity index (χ2v) is 11.7.